The quantitative estimate of drug-likeness (QED) is 0.595. The maximum atomic E-state index is 12.3. The van der Waals surface area contributed by atoms with Crippen molar-refractivity contribution in [3.8, 4) is 11.5 Å². The summed E-state index contributed by atoms with van der Waals surface area (Å²) in [6, 6.07) is 13.2. The Bertz CT molecular complexity index is 735. The second kappa shape index (κ2) is 8.20. The molecule has 2 rings (SSSR count). The standard InChI is InChI=1S/C20H23NO3/c1-14(2)16-7-5-6-8-17(16)21-12-11-18(22)15-9-10-19(23-3)20(13-15)24-4/h5-14,21H,1-4H3. The second-order valence-corrected chi connectivity index (χ2v) is 5.65. The first kappa shape index (κ1) is 17.6. The largest absolute Gasteiger partial charge is 0.493 e. The smallest absolute Gasteiger partial charge is 0.187 e. The van der Waals surface area contributed by atoms with Crippen LogP contribution in [0.4, 0.5) is 5.69 Å². The third kappa shape index (κ3) is 4.16. The first-order valence-electron chi connectivity index (χ1n) is 7.85. The molecular weight excluding hydrogens is 302 g/mol. The van der Waals surface area contributed by atoms with Crippen LogP contribution in [0.2, 0.25) is 0 Å². The Balaban J connectivity index is 2.11. The first-order valence-corrected chi connectivity index (χ1v) is 7.85. The zero-order valence-electron chi connectivity index (χ0n) is 14.5. The topological polar surface area (TPSA) is 47.6 Å². The average Bonchev–Trinajstić information content (AvgIpc) is 2.61. The summed E-state index contributed by atoms with van der Waals surface area (Å²) in [4.78, 5) is 12.3. The molecule has 0 saturated heterocycles. The highest BCUT2D eigenvalue weighted by Gasteiger charge is 2.09. The van der Waals surface area contributed by atoms with Crippen LogP contribution in [-0.4, -0.2) is 20.0 Å². The van der Waals surface area contributed by atoms with Gasteiger partial charge in [-0.15, -0.1) is 0 Å². The number of benzene rings is 2. The monoisotopic (exact) mass is 325 g/mol. The number of ether oxygens (including phenoxy) is 2. The molecule has 2 aromatic rings. The van der Waals surface area contributed by atoms with Gasteiger partial charge in [0.2, 0.25) is 0 Å². The molecule has 0 aliphatic carbocycles. The van der Waals surface area contributed by atoms with Crippen LogP contribution >= 0.6 is 0 Å². The Morgan fingerprint density at radius 3 is 2.42 bits per heavy atom. The lowest BCUT2D eigenvalue weighted by Crippen LogP contribution is -2.00. The molecule has 0 saturated carbocycles. The van der Waals surface area contributed by atoms with Gasteiger partial charge >= 0.3 is 0 Å². The van der Waals surface area contributed by atoms with Crippen LogP contribution < -0.4 is 14.8 Å². The van der Waals surface area contributed by atoms with Crippen molar-refractivity contribution in [3.63, 3.8) is 0 Å². The molecule has 24 heavy (non-hydrogen) atoms. The molecule has 4 nitrogen and oxygen atoms in total. The van der Waals surface area contributed by atoms with Gasteiger partial charge in [-0.25, -0.2) is 0 Å². The minimum absolute atomic E-state index is 0.106. The zero-order valence-corrected chi connectivity index (χ0v) is 14.5. The SMILES string of the molecule is COc1ccc(C(=O)C=CNc2ccccc2C(C)C)cc1OC. The van der Waals surface area contributed by atoms with Crippen LogP contribution in [0.5, 0.6) is 11.5 Å². The number of methoxy groups -OCH3 is 2. The highest BCUT2D eigenvalue weighted by atomic mass is 16.5. The Labute approximate surface area is 143 Å². The third-order valence-electron chi connectivity index (χ3n) is 3.72. The summed E-state index contributed by atoms with van der Waals surface area (Å²) in [6.07, 6.45) is 3.18. The molecule has 0 heterocycles. The fourth-order valence-corrected chi connectivity index (χ4v) is 2.42. The van der Waals surface area contributed by atoms with Gasteiger partial charge in [0.1, 0.15) is 0 Å². The number of allylic oxidation sites excluding steroid dienone is 1. The van der Waals surface area contributed by atoms with Crippen molar-refractivity contribution in [2.75, 3.05) is 19.5 Å². The van der Waals surface area contributed by atoms with Gasteiger partial charge in [-0.2, -0.15) is 0 Å². The number of hydrogen-bond acceptors (Lipinski definition) is 4. The van der Waals surface area contributed by atoms with Gasteiger partial charge < -0.3 is 14.8 Å². The van der Waals surface area contributed by atoms with E-state index in [4.69, 9.17) is 9.47 Å². The number of para-hydroxylation sites is 1. The minimum atomic E-state index is -0.106. The molecular formula is C20H23NO3. The summed E-state index contributed by atoms with van der Waals surface area (Å²) in [5, 5.41) is 3.19. The number of hydrogen-bond donors (Lipinski definition) is 1. The van der Waals surface area contributed by atoms with Crippen molar-refractivity contribution >= 4 is 11.5 Å². The van der Waals surface area contributed by atoms with Gasteiger partial charge in [0.05, 0.1) is 14.2 Å². The van der Waals surface area contributed by atoms with Crippen LogP contribution in [0.15, 0.2) is 54.7 Å². The van der Waals surface area contributed by atoms with E-state index in [0.29, 0.717) is 23.0 Å². The molecule has 0 unspecified atom stereocenters. The molecule has 0 aliphatic rings. The third-order valence-corrected chi connectivity index (χ3v) is 3.72. The van der Waals surface area contributed by atoms with Crippen LogP contribution in [0.3, 0.4) is 0 Å². The summed E-state index contributed by atoms with van der Waals surface area (Å²) in [7, 11) is 3.11. The van der Waals surface area contributed by atoms with E-state index >= 15 is 0 Å². The van der Waals surface area contributed by atoms with Gasteiger partial charge in [0, 0.05) is 23.5 Å². The maximum absolute atomic E-state index is 12.3. The summed E-state index contributed by atoms with van der Waals surface area (Å²) >= 11 is 0. The fraction of sp³-hybridized carbons (Fsp3) is 0.250. The number of carbonyl (C=O) groups is 1. The van der Waals surface area contributed by atoms with Gasteiger partial charge in [-0.3, -0.25) is 4.79 Å². The molecule has 0 radical (unpaired) electrons. The zero-order chi connectivity index (χ0) is 17.5. The Kier molecular flexibility index (Phi) is 6.01. The van der Waals surface area contributed by atoms with Crippen molar-refractivity contribution in [3.05, 3.63) is 65.9 Å². The molecule has 0 bridgehead atoms. The van der Waals surface area contributed by atoms with Crippen molar-refractivity contribution in [2.24, 2.45) is 0 Å². The van der Waals surface area contributed by atoms with Gasteiger partial charge in [0.25, 0.3) is 0 Å². The Morgan fingerprint density at radius 2 is 1.75 bits per heavy atom. The van der Waals surface area contributed by atoms with Gasteiger partial charge in [-0.05, 0) is 35.7 Å². The number of carbonyl (C=O) groups excluding carboxylic acids is 1. The van der Waals surface area contributed by atoms with E-state index in [9.17, 15) is 4.79 Å². The second-order valence-electron chi connectivity index (χ2n) is 5.65. The lowest BCUT2D eigenvalue weighted by Gasteiger charge is -2.12. The highest BCUT2D eigenvalue weighted by Crippen LogP contribution is 2.28. The molecule has 0 amide bonds. The van der Waals surface area contributed by atoms with Crippen molar-refractivity contribution in [1.82, 2.24) is 0 Å². The summed E-state index contributed by atoms with van der Waals surface area (Å²) in [5.74, 6) is 1.44. The number of nitrogens with one attached hydrogen (secondary N) is 1. The van der Waals surface area contributed by atoms with E-state index in [1.807, 2.05) is 18.2 Å². The van der Waals surface area contributed by atoms with Crippen molar-refractivity contribution < 1.29 is 14.3 Å². The van der Waals surface area contributed by atoms with Crippen LogP contribution in [0.1, 0.15) is 35.7 Å². The summed E-state index contributed by atoms with van der Waals surface area (Å²) < 4.78 is 10.4. The molecule has 126 valence electrons. The molecule has 0 atom stereocenters. The van der Waals surface area contributed by atoms with E-state index in [-0.39, 0.29) is 5.78 Å². The summed E-state index contributed by atoms with van der Waals surface area (Å²) in [6.45, 7) is 4.28. The summed E-state index contributed by atoms with van der Waals surface area (Å²) in [5.41, 5.74) is 2.76. The highest BCUT2D eigenvalue weighted by molar-refractivity contribution is 6.05. The molecule has 1 N–H and O–H groups in total. The molecule has 0 fully saturated rings. The van der Waals surface area contributed by atoms with Crippen LogP contribution in [0, 0.1) is 0 Å². The van der Waals surface area contributed by atoms with Gasteiger partial charge in [0.15, 0.2) is 17.3 Å². The van der Waals surface area contributed by atoms with E-state index in [0.717, 1.165) is 5.69 Å². The van der Waals surface area contributed by atoms with Gasteiger partial charge in [-0.1, -0.05) is 32.0 Å². The molecule has 0 aliphatic heterocycles. The molecule has 4 heteroatoms. The number of anilines is 1. The number of rotatable bonds is 7. The maximum Gasteiger partial charge on any atom is 0.187 e. The normalized spacial score (nSPS) is 10.9. The van der Waals surface area contributed by atoms with E-state index in [2.05, 4.69) is 25.2 Å². The Hall–Kier alpha value is -2.75. The van der Waals surface area contributed by atoms with E-state index in [1.54, 1.807) is 38.6 Å². The van der Waals surface area contributed by atoms with Crippen LogP contribution in [0.25, 0.3) is 0 Å². The van der Waals surface area contributed by atoms with Crippen molar-refractivity contribution in [1.29, 1.82) is 0 Å². The molecule has 0 aromatic heterocycles. The number of ketones is 1. The predicted molar refractivity (Wildman–Crippen MR) is 97.2 cm³/mol. The predicted octanol–water partition coefficient (Wildman–Crippen LogP) is 4.64. The van der Waals surface area contributed by atoms with E-state index < -0.39 is 0 Å². The fourth-order valence-electron chi connectivity index (χ4n) is 2.42. The molecule has 2 aromatic carbocycles. The minimum Gasteiger partial charge on any atom is -0.493 e. The molecule has 0 spiro atoms. The van der Waals surface area contributed by atoms with Crippen molar-refractivity contribution in [2.45, 2.75) is 19.8 Å². The first-order chi connectivity index (χ1) is 11.6. The average molecular weight is 325 g/mol. The van der Waals surface area contributed by atoms with E-state index in [1.165, 1.54) is 11.6 Å². The Morgan fingerprint density at radius 1 is 1.04 bits per heavy atom. The lowest BCUT2D eigenvalue weighted by atomic mass is 10.0. The lowest BCUT2D eigenvalue weighted by molar-refractivity contribution is 0.104. The van der Waals surface area contributed by atoms with Crippen LogP contribution in [-0.2, 0) is 0 Å².